The smallest absolute Gasteiger partial charge is 0.232 e. The van der Waals surface area contributed by atoms with E-state index in [-0.39, 0.29) is 5.82 Å². The van der Waals surface area contributed by atoms with Crippen molar-refractivity contribution >= 4 is 40.7 Å². The van der Waals surface area contributed by atoms with E-state index in [1.807, 2.05) is 0 Å². The van der Waals surface area contributed by atoms with Crippen LogP contribution < -0.4 is 15.5 Å². The summed E-state index contributed by atoms with van der Waals surface area (Å²) in [4.78, 5) is 11.1. The molecule has 0 unspecified atom stereocenters. The Morgan fingerprint density at radius 2 is 1.87 bits per heavy atom. The van der Waals surface area contributed by atoms with Gasteiger partial charge in [0.25, 0.3) is 0 Å². The average Bonchev–Trinajstić information content (AvgIpc) is 2.77. The van der Waals surface area contributed by atoms with Crippen molar-refractivity contribution in [3.63, 3.8) is 0 Å². The van der Waals surface area contributed by atoms with E-state index in [9.17, 15) is 4.39 Å². The maximum absolute atomic E-state index is 13.0. The lowest BCUT2D eigenvalue weighted by molar-refractivity contribution is 0.626. The van der Waals surface area contributed by atoms with Gasteiger partial charge < -0.3 is 15.5 Å². The van der Waals surface area contributed by atoms with E-state index in [1.54, 1.807) is 18.2 Å². The number of aryl methyl sites for hydroxylation is 1. The summed E-state index contributed by atoms with van der Waals surface area (Å²) in [6.07, 6.45) is 2.67. The number of halogens is 2. The number of anilines is 2. The Balaban J connectivity index is 1.31. The molecule has 160 valence electrons. The fraction of sp³-hybridized carbons (Fsp3) is 0.261. The van der Waals surface area contributed by atoms with E-state index in [4.69, 9.17) is 23.8 Å². The number of nitrogens with one attached hydrogen (secondary N) is 2. The van der Waals surface area contributed by atoms with Gasteiger partial charge in [-0.2, -0.15) is 4.98 Å². The van der Waals surface area contributed by atoms with E-state index in [0.717, 1.165) is 43.7 Å². The van der Waals surface area contributed by atoms with Crippen molar-refractivity contribution in [2.75, 3.05) is 23.3 Å². The summed E-state index contributed by atoms with van der Waals surface area (Å²) < 4.78 is 13.0. The highest BCUT2D eigenvalue weighted by Crippen LogP contribution is 2.25. The Kier molecular flexibility index (Phi) is 6.94. The molecule has 2 aromatic carbocycles. The third-order valence-corrected chi connectivity index (χ3v) is 5.64. The van der Waals surface area contributed by atoms with Gasteiger partial charge in [0, 0.05) is 25.7 Å². The van der Waals surface area contributed by atoms with Crippen molar-refractivity contribution in [1.82, 2.24) is 15.3 Å². The molecule has 2 heterocycles. The van der Waals surface area contributed by atoms with Crippen LogP contribution in [0.3, 0.4) is 0 Å². The highest BCUT2D eigenvalue weighted by molar-refractivity contribution is 7.80. The Morgan fingerprint density at radius 3 is 2.68 bits per heavy atom. The summed E-state index contributed by atoms with van der Waals surface area (Å²) in [5, 5.41) is 6.99. The van der Waals surface area contributed by atoms with E-state index in [2.05, 4.69) is 49.8 Å². The van der Waals surface area contributed by atoms with E-state index >= 15 is 0 Å². The first-order chi connectivity index (χ1) is 15.1. The molecule has 0 spiro atoms. The quantitative estimate of drug-likeness (QED) is 0.318. The van der Waals surface area contributed by atoms with Crippen LogP contribution >= 0.6 is 23.8 Å². The SMILES string of the molecule is Fc1ccc(CCCNC(=S)Nc2nc(Cl)cc(N3CCc4ccccc4C3)n2)cc1. The largest absolute Gasteiger partial charge is 0.362 e. The van der Waals surface area contributed by atoms with Gasteiger partial charge in [0.15, 0.2) is 5.11 Å². The number of benzene rings is 2. The molecule has 4 rings (SSSR count). The highest BCUT2D eigenvalue weighted by Gasteiger charge is 2.18. The molecule has 0 amide bonds. The first kappa shape index (κ1) is 21.5. The van der Waals surface area contributed by atoms with Crippen molar-refractivity contribution in [3.8, 4) is 0 Å². The van der Waals surface area contributed by atoms with Gasteiger partial charge in [-0.1, -0.05) is 48.0 Å². The van der Waals surface area contributed by atoms with Gasteiger partial charge in [-0.15, -0.1) is 0 Å². The Bertz CT molecular complexity index is 1060. The van der Waals surface area contributed by atoms with Gasteiger partial charge in [0.2, 0.25) is 5.95 Å². The highest BCUT2D eigenvalue weighted by atomic mass is 35.5. The number of fused-ring (bicyclic) bond motifs is 1. The van der Waals surface area contributed by atoms with Crippen molar-refractivity contribution in [2.45, 2.75) is 25.8 Å². The van der Waals surface area contributed by atoms with E-state index in [1.165, 1.54) is 23.3 Å². The van der Waals surface area contributed by atoms with Gasteiger partial charge in [0.05, 0.1) is 0 Å². The molecule has 0 fully saturated rings. The molecule has 1 aromatic heterocycles. The monoisotopic (exact) mass is 455 g/mol. The Labute approximate surface area is 191 Å². The Morgan fingerprint density at radius 1 is 1.10 bits per heavy atom. The van der Waals surface area contributed by atoms with Crippen molar-refractivity contribution in [2.24, 2.45) is 0 Å². The topological polar surface area (TPSA) is 53.1 Å². The van der Waals surface area contributed by atoms with Crippen LogP contribution in [0.5, 0.6) is 0 Å². The van der Waals surface area contributed by atoms with Crippen molar-refractivity contribution in [3.05, 3.63) is 82.3 Å². The molecule has 5 nitrogen and oxygen atoms in total. The lowest BCUT2D eigenvalue weighted by Gasteiger charge is -2.30. The minimum atomic E-state index is -0.220. The van der Waals surface area contributed by atoms with Crippen LogP contribution in [0.2, 0.25) is 5.15 Å². The zero-order chi connectivity index (χ0) is 21.6. The molecule has 0 radical (unpaired) electrons. The maximum atomic E-state index is 13.0. The van der Waals surface area contributed by atoms with Crippen LogP contribution in [-0.4, -0.2) is 28.2 Å². The molecular weight excluding hydrogens is 433 g/mol. The molecular formula is C23H23ClFN5S. The molecule has 0 atom stereocenters. The zero-order valence-corrected chi connectivity index (χ0v) is 18.5. The number of aromatic nitrogens is 2. The van der Waals surface area contributed by atoms with Crippen molar-refractivity contribution in [1.29, 1.82) is 0 Å². The normalized spacial score (nSPS) is 12.9. The van der Waals surface area contributed by atoms with Crippen LogP contribution in [0.15, 0.2) is 54.6 Å². The predicted octanol–water partition coefficient (Wildman–Crippen LogP) is 4.75. The van der Waals surface area contributed by atoms with Gasteiger partial charge in [-0.25, -0.2) is 9.37 Å². The summed E-state index contributed by atoms with van der Waals surface area (Å²) in [7, 11) is 0. The molecule has 2 N–H and O–H groups in total. The van der Waals surface area contributed by atoms with Gasteiger partial charge >= 0.3 is 0 Å². The summed E-state index contributed by atoms with van der Waals surface area (Å²) in [5.74, 6) is 0.926. The van der Waals surface area contributed by atoms with Gasteiger partial charge in [0.1, 0.15) is 16.8 Å². The molecule has 0 aliphatic carbocycles. The lowest BCUT2D eigenvalue weighted by Crippen LogP contribution is -2.32. The standard InChI is InChI=1S/C23H23ClFN5S/c24-20-14-21(30-13-11-17-5-1-2-6-18(17)15-30)28-22(27-20)29-23(31)26-12-3-4-16-7-9-19(25)10-8-16/h1-2,5-10,14H,3-4,11-13,15H2,(H2,26,27,28,29,31). The third kappa shape index (κ3) is 5.89. The van der Waals surface area contributed by atoms with Crippen LogP contribution in [0.4, 0.5) is 16.2 Å². The fourth-order valence-corrected chi connectivity index (χ4v) is 3.98. The van der Waals surface area contributed by atoms with Crippen LogP contribution in [0, 0.1) is 5.82 Å². The average molecular weight is 456 g/mol. The number of nitrogens with zero attached hydrogens (tertiary/aromatic N) is 3. The summed E-state index contributed by atoms with van der Waals surface area (Å²) >= 11 is 11.6. The van der Waals surface area contributed by atoms with Crippen LogP contribution in [0.25, 0.3) is 0 Å². The minimum Gasteiger partial charge on any atom is -0.362 e. The number of rotatable bonds is 6. The second-order valence-corrected chi connectivity index (χ2v) is 8.22. The third-order valence-electron chi connectivity index (χ3n) is 5.20. The van der Waals surface area contributed by atoms with Crippen LogP contribution in [-0.2, 0) is 19.4 Å². The summed E-state index contributed by atoms with van der Waals surface area (Å²) in [5.41, 5.74) is 3.77. The van der Waals surface area contributed by atoms with E-state index in [0.29, 0.717) is 22.8 Å². The Hall–Kier alpha value is -2.77. The first-order valence-electron chi connectivity index (χ1n) is 10.2. The van der Waals surface area contributed by atoms with Gasteiger partial charge in [-0.05, 0) is 60.3 Å². The first-order valence-corrected chi connectivity index (χ1v) is 11.0. The van der Waals surface area contributed by atoms with E-state index < -0.39 is 0 Å². The number of hydrogen-bond acceptors (Lipinski definition) is 4. The molecule has 3 aromatic rings. The van der Waals surface area contributed by atoms with Crippen molar-refractivity contribution < 1.29 is 4.39 Å². The molecule has 0 bridgehead atoms. The minimum absolute atomic E-state index is 0.220. The fourth-order valence-electron chi connectivity index (χ4n) is 3.61. The van der Waals surface area contributed by atoms with Gasteiger partial charge in [-0.3, -0.25) is 0 Å². The molecule has 1 aliphatic rings. The number of hydrogen-bond donors (Lipinski definition) is 2. The summed E-state index contributed by atoms with van der Waals surface area (Å²) in [6.45, 7) is 2.34. The van der Waals surface area contributed by atoms with Crippen LogP contribution in [0.1, 0.15) is 23.1 Å². The second kappa shape index (κ2) is 10.0. The molecule has 1 aliphatic heterocycles. The number of thiocarbonyl (C=S) groups is 1. The molecule has 0 saturated carbocycles. The zero-order valence-electron chi connectivity index (χ0n) is 16.9. The summed E-state index contributed by atoms with van der Waals surface area (Å²) in [6, 6.07) is 16.8. The predicted molar refractivity (Wildman–Crippen MR) is 127 cm³/mol. The lowest BCUT2D eigenvalue weighted by atomic mass is 10.00. The second-order valence-electron chi connectivity index (χ2n) is 7.42. The molecule has 31 heavy (non-hydrogen) atoms. The maximum Gasteiger partial charge on any atom is 0.232 e. The molecule has 8 heteroatoms. The molecule has 0 saturated heterocycles.